The van der Waals surface area contributed by atoms with Crippen molar-refractivity contribution in [3.63, 3.8) is 0 Å². The van der Waals surface area contributed by atoms with Crippen molar-refractivity contribution in [2.45, 2.75) is 38.8 Å². The minimum atomic E-state index is -1.26. The first-order valence-electron chi connectivity index (χ1n) is 7.67. The number of carboxylic acids is 1. The average Bonchev–Trinajstić information content (AvgIpc) is 2.54. The predicted molar refractivity (Wildman–Crippen MR) is 86.7 cm³/mol. The molecule has 2 amide bonds. The van der Waals surface area contributed by atoms with Gasteiger partial charge >= 0.3 is 5.97 Å². The topological polar surface area (TPSA) is 119 Å². The van der Waals surface area contributed by atoms with Crippen LogP contribution in [0.3, 0.4) is 0 Å². The molecule has 0 radical (unpaired) electrons. The van der Waals surface area contributed by atoms with Gasteiger partial charge in [-0.15, -0.1) is 0 Å². The number of rotatable bonds is 8. The highest BCUT2D eigenvalue weighted by atomic mass is 19.1. The van der Waals surface area contributed by atoms with Crippen LogP contribution in [0.2, 0.25) is 0 Å². The Kier molecular flexibility index (Phi) is 7.53. The fourth-order valence-corrected chi connectivity index (χ4v) is 2.21. The molecule has 0 saturated heterocycles. The molecular weight excluding hydrogens is 329 g/mol. The van der Waals surface area contributed by atoms with E-state index >= 15 is 0 Å². The third-order valence-electron chi connectivity index (χ3n) is 3.47. The van der Waals surface area contributed by atoms with Crippen molar-refractivity contribution in [3.8, 4) is 6.07 Å². The van der Waals surface area contributed by atoms with Crippen molar-refractivity contribution < 1.29 is 23.9 Å². The van der Waals surface area contributed by atoms with Crippen molar-refractivity contribution in [3.05, 3.63) is 35.6 Å². The van der Waals surface area contributed by atoms with Crippen LogP contribution < -0.4 is 10.6 Å². The molecular formula is C17H20FN3O4. The largest absolute Gasteiger partial charge is 0.480 e. The van der Waals surface area contributed by atoms with Crippen molar-refractivity contribution in [2.24, 2.45) is 5.92 Å². The lowest BCUT2D eigenvalue weighted by Gasteiger charge is -2.21. The van der Waals surface area contributed by atoms with Crippen LogP contribution in [0.1, 0.15) is 25.8 Å². The van der Waals surface area contributed by atoms with Gasteiger partial charge in [0, 0.05) is 19.3 Å². The van der Waals surface area contributed by atoms with Crippen molar-refractivity contribution in [1.29, 1.82) is 5.26 Å². The van der Waals surface area contributed by atoms with Crippen molar-refractivity contribution >= 4 is 17.8 Å². The van der Waals surface area contributed by atoms with E-state index in [9.17, 15) is 23.9 Å². The molecule has 0 spiro atoms. The summed E-state index contributed by atoms with van der Waals surface area (Å²) in [5, 5.41) is 22.8. The lowest BCUT2D eigenvalue weighted by atomic mass is 10.0. The lowest BCUT2D eigenvalue weighted by Crippen LogP contribution is -2.52. The molecule has 1 rings (SSSR count). The standard InChI is InChI=1S/C17H20FN3O4/c1-10(9-19)7-15(17(24)25)21-16(23)14(20-11(2)22)8-12-3-5-13(18)6-4-12/h3-6,10,14-15H,7-8H2,1-2H3,(H,20,22)(H,21,23)(H,24,25)/t10-,14+,15+/m1/s1. The highest BCUT2D eigenvalue weighted by Crippen LogP contribution is 2.09. The fourth-order valence-electron chi connectivity index (χ4n) is 2.21. The number of carbonyl (C=O) groups is 3. The Morgan fingerprint density at radius 2 is 1.80 bits per heavy atom. The molecule has 0 aliphatic heterocycles. The molecule has 0 heterocycles. The number of amides is 2. The van der Waals surface area contributed by atoms with Gasteiger partial charge in [0.15, 0.2) is 0 Å². The summed E-state index contributed by atoms with van der Waals surface area (Å²) >= 11 is 0. The number of carbonyl (C=O) groups excluding carboxylic acids is 2. The molecule has 3 atom stereocenters. The van der Waals surface area contributed by atoms with Crippen LogP contribution in [0.4, 0.5) is 4.39 Å². The Labute approximate surface area is 144 Å². The first kappa shape index (κ1) is 20.1. The summed E-state index contributed by atoms with van der Waals surface area (Å²) in [4.78, 5) is 35.0. The second-order valence-corrected chi connectivity index (χ2v) is 5.75. The monoisotopic (exact) mass is 349 g/mol. The molecule has 0 aliphatic rings. The first-order chi connectivity index (χ1) is 11.7. The van der Waals surface area contributed by atoms with Gasteiger partial charge in [-0.25, -0.2) is 9.18 Å². The van der Waals surface area contributed by atoms with Crippen LogP contribution in [0.25, 0.3) is 0 Å². The van der Waals surface area contributed by atoms with Gasteiger partial charge in [-0.05, 0) is 31.0 Å². The summed E-state index contributed by atoms with van der Waals surface area (Å²) in [5.41, 5.74) is 0.604. The lowest BCUT2D eigenvalue weighted by molar-refractivity contribution is -0.142. The summed E-state index contributed by atoms with van der Waals surface area (Å²) in [7, 11) is 0. The zero-order valence-electron chi connectivity index (χ0n) is 14.0. The molecule has 1 aromatic carbocycles. The Bertz CT molecular complexity index is 669. The van der Waals surface area contributed by atoms with Crippen LogP contribution in [0.15, 0.2) is 24.3 Å². The summed E-state index contributed by atoms with van der Waals surface area (Å²) in [6.45, 7) is 2.78. The zero-order valence-corrected chi connectivity index (χ0v) is 14.0. The smallest absolute Gasteiger partial charge is 0.326 e. The van der Waals surface area contributed by atoms with E-state index in [1.807, 2.05) is 6.07 Å². The second-order valence-electron chi connectivity index (χ2n) is 5.75. The van der Waals surface area contributed by atoms with Gasteiger partial charge in [-0.2, -0.15) is 5.26 Å². The molecule has 25 heavy (non-hydrogen) atoms. The Hall–Kier alpha value is -2.95. The maximum Gasteiger partial charge on any atom is 0.326 e. The number of nitrogens with zero attached hydrogens (tertiary/aromatic N) is 1. The summed E-state index contributed by atoms with van der Waals surface area (Å²) in [6, 6.07) is 5.06. The number of aliphatic carboxylic acids is 1. The first-order valence-corrected chi connectivity index (χ1v) is 7.67. The third-order valence-corrected chi connectivity index (χ3v) is 3.47. The van der Waals surface area contributed by atoms with E-state index in [2.05, 4.69) is 10.6 Å². The molecule has 7 nitrogen and oxygen atoms in total. The molecule has 1 aromatic rings. The number of halogens is 1. The van der Waals surface area contributed by atoms with Crippen LogP contribution in [0, 0.1) is 23.1 Å². The second kappa shape index (κ2) is 9.37. The summed E-state index contributed by atoms with van der Waals surface area (Å²) in [6.07, 6.45) is 0.0206. The van der Waals surface area contributed by atoms with Crippen LogP contribution in [0.5, 0.6) is 0 Å². The molecule has 0 saturated carbocycles. The maximum absolute atomic E-state index is 13.0. The van der Waals surface area contributed by atoms with E-state index in [1.54, 1.807) is 6.92 Å². The van der Waals surface area contributed by atoms with E-state index < -0.39 is 41.6 Å². The van der Waals surface area contributed by atoms with Gasteiger partial charge in [0.2, 0.25) is 11.8 Å². The number of nitriles is 1. The SMILES string of the molecule is CC(=O)N[C@@H](Cc1ccc(F)cc1)C(=O)N[C@@H](C[C@@H](C)C#N)C(=O)O. The Morgan fingerprint density at radius 3 is 2.28 bits per heavy atom. The molecule has 0 aliphatic carbocycles. The zero-order chi connectivity index (χ0) is 19.0. The van der Waals surface area contributed by atoms with Gasteiger partial charge in [0.1, 0.15) is 17.9 Å². The van der Waals surface area contributed by atoms with E-state index in [0.29, 0.717) is 5.56 Å². The van der Waals surface area contributed by atoms with Gasteiger partial charge < -0.3 is 15.7 Å². The van der Waals surface area contributed by atoms with E-state index in [1.165, 1.54) is 31.2 Å². The number of nitrogens with one attached hydrogen (secondary N) is 2. The number of carboxylic acid groups (broad SMARTS) is 1. The predicted octanol–water partition coefficient (Wildman–Crippen LogP) is 0.992. The minimum absolute atomic E-state index is 0.0546. The van der Waals surface area contributed by atoms with E-state index in [-0.39, 0.29) is 12.8 Å². The van der Waals surface area contributed by atoms with Crippen LogP contribution >= 0.6 is 0 Å². The van der Waals surface area contributed by atoms with Crippen LogP contribution in [-0.2, 0) is 20.8 Å². The molecule has 0 aromatic heterocycles. The normalized spacial score (nSPS) is 13.8. The quantitative estimate of drug-likeness (QED) is 0.647. The highest BCUT2D eigenvalue weighted by Gasteiger charge is 2.27. The molecule has 0 unspecified atom stereocenters. The Balaban J connectivity index is 2.87. The average molecular weight is 349 g/mol. The Morgan fingerprint density at radius 1 is 1.20 bits per heavy atom. The molecule has 0 bridgehead atoms. The van der Waals surface area contributed by atoms with Crippen LogP contribution in [-0.4, -0.2) is 35.0 Å². The molecule has 3 N–H and O–H groups in total. The fraction of sp³-hybridized carbons (Fsp3) is 0.412. The van der Waals surface area contributed by atoms with Gasteiger partial charge in [-0.3, -0.25) is 9.59 Å². The van der Waals surface area contributed by atoms with E-state index in [0.717, 1.165) is 0 Å². The van der Waals surface area contributed by atoms with Crippen molar-refractivity contribution in [1.82, 2.24) is 10.6 Å². The van der Waals surface area contributed by atoms with Gasteiger partial charge in [0.05, 0.1) is 6.07 Å². The van der Waals surface area contributed by atoms with E-state index in [4.69, 9.17) is 5.26 Å². The third kappa shape index (κ3) is 6.99. The summed E-state index contributed by atoms with van der Waals surface area (Å²) in [5.74, 6) is -3.39. The van der Waals surface area contributed by atoms with Crippen molar-refractivity contribution in [2.75, 3.05) is 0 Å². The number of benzene rings is 1. The molecule has 134 valence electrons. The molecule has 0 fully saturated rings. The highest BCUT2D eigenvalue weighted by molar-refractivity contribution is 5.90. The minimum Gasteiger partial charge on any atom is -0.480 e. The van der Waals surface area contributed by atoms with Gasteiger partial charge in [0.25, 0.3) is 0 Å². The number of hydrogen-bond acceptors (Lipinski definition) is 4. The molecule has 8 heteroatoms. The summed E-state index contributed by atoms with van der Waals surface area (Å²) < 4.78 is 13.0. The number of hydrogen-bond donors (Lipinski definition) is 3. The van der Waals surface area contributed by atoms with Gasteiger partial charge in [-0.1, -0.05) is 12.1 Å². The maximum atomic E-state index is 13.0.